The largest absolute Gasteiger partial charge is 0.376 e. The van der Waals surface area contributed by atoms with Crippen molar-refractivity contribution in [2.24, 2.45) is 0 Å². The van der Waals surface area contributed by atoms with Crippen LogP contribution in [0.3, 0.4) is 0 Å². The standard InChI is InChI=1S/C8H8BrNO2/c9-6-3-5-4-12-2-1-7(5)10-8(6)11/h3H,1-2,4H2,(H,10,11). The number of fused-ring (bicyclic) bond motifs is 1. The van der Waals surface area contributed by atoms with Crippen molar-refractivity contribution in [3.8, 4) is 0 Å². The van der Waals surface area contributed by atoms with Crippen molar-refractivity contribution in [3.63, 3.8) is 0 Å². The van der Waals surface area contributed by atoms with Crippen LogP contribution in [0.15, 0.2) is 15.3 Å². The first-order valence-corrected chi connectivity index (χ1v) is 4.55. The summed E-state index contributed by atoms with van der Waals surface area (Å²) in [5.74, 6) is 0. The van der Waals surface area contributed by atoms with Crippen molar-refractivity contribution in [3.05, 3.63) is 32.2 Å². The van der Waals surface area contributed by atoms with Gasteiger partial charge in [0.2, 0.25) is 0 Å². The Morgan fingerprint density at radius 2 is 2.42 bits per heavy atom. The van der Waals surface area contributed by atoms with Gasteiger partial charge in [-0.2, -0.15) is 0 Å². The minimum absolute atomic E-state index is 0.0596. The molecular weight excluding hydrogens is 222 g/mol. The van der Waals surface area contributed by atoms with E-state index in [2.05, 4.69) is 20.9 Å². The van der Waals surface area contributed by atoms with Crippen molar-refractivity contribution in [2.75, 3.05) is 6.61 Å². The number of hydrogen-bond acceptors (Lipinski definition) is 2. The van der Waals surface area contributed by atoms with Crippen LogP contribution in [0.5, 0.6) is 0 Å². The third-order valence-corrected chi connectivity index (χ3v) is 2.51. The van der Waals surface area contributed by atoms with E-state index < -0.39 is 0 Å². The average molecular weight is 230 g/mol. The van der Waals surface area contributed by atoms with Crippen LogP contribution < -0.4 is 5.56 Å². The van der Waals surface area contributed by atoms with Gasteiger partial charge in [-0.05, 0) is 27.6 Å². The molecule has 2 heterocycles. The first kappa shape index (κ1) is 8.01. The Labute approximate surface area is 77.9 Å². The van der Waals surface area contributed by atoms with Gasteiger partial charge in [-0.15, -0.1) is 0 Å². The minimum atomic E-state index is -0.0596. The average Bonchev–Trinajstić information content (AvgIpc) is 2.07. The normalized spacial score (nSPS) is 15.8. The number of pyridine rings is 1. The van der Waals surface area contributed by atoms with Crippen LogP contribution in [-0.4, -0.2) is 11.6 Å². The highest BCUT2D eigenvalue weighted by Gasteiger charge is 2.11. The molecule has 0 fully saturated rings. The molecule has 1 aliphatic heterocycles. The molecule has 0 aromatic carbocycles. The molecule has 0 saturated heterocycles. The molecule has 0 radical (unpaired) electrons. The van der Waals surface area contributed by atoms with E-state index in [4.69, 9.17) is 4.74 Å². The number of aromatic amines is 1. The Morgan fingerprint density at radius 3 is 3.25 bits per heavy atom. The topological polar surface area (TPSA) is 42.1 Å². The first-order valence-electron chi connectivity index (χ1n) is 3.75. The van der Waals surface area contributed by atoms with E-state index in [-0.39, 0.29) is 5.56 Å². The molecule has 0 unspecified atom stereocenters. The van der Waals surface area contributed by atoms with E-state index in [0.29, 0.717) is 17.7 Å². The molecule has 3 nitrogen and oxygen atoms in total. The number of aromatic nitrogens is 1. The van der Waals surface area contributed by atoms with Crippen LogP contribution in [0.25, 0.3) is 0 Å². The summed E-state index contributed by atoms with van der Waals surface area (Å²) in [4.78, 5) is 14.0. The second kappa shape index (κ2) is 3.03. The van der Waals surface area contributed by atoms with Gasteiger partial charge in [0.15, 0.2) is 0 Å². The maximum absolute atomic E-state index is 11.1. The SMILES string of the molecule is O=c1[nH]c2c(cc1Br)COCC2. The van der Waals surface area contributed by atoms with E-state index in [1.165, 1.54) is 0 Å². The van der Waals surface area contributed by atoms with Gasteiger partial charge in [-0.25, -0.2) is 0 Å². The summed E-state index contributed by atoms with van der Waals surface area (Å²) in [6.45, 7) is 1.30. The van der Waals surface area contributed by atoms with E-state index >= 15 is 0 Å². The number of ether oxygens (including phenoxy) is 1. The summed E-state index contributed by atoms with van der Waals surface area (Å²) >= 11 is 3.17. The molecule has 0 bridgehead atoms. The molecule has 64 valence electrons. The highest BCUT2D eigenvalue weighted by atomic mass is 79.9. The molecule has 0 saturated carbocycles. The highest BCUT2D eigenvalue weighted by molar-refractivity contribution is 9.10. The lowest BCUT2D eigenvalue weighted by Crippen LogP contribution is -2.18. The fourth-order valence-corrected chi connectivity index (χ4v) is 1.67. The van der Waals surface area contributed by atoms with Gasteiger partial charge in [0.1, 0.15) is 0 Å². The molecule has 2 rings (SSSR count). The van der Waals surface area contributed by atoms with Gasteiger partial charge in [0, 0.05) is 12.1 Å². The predicted octanol–water partition coefficient (Wildman–Crippen LogP) is 1.21. The number of nitrogens with one attached hydrogen (secondary N) is 1. The van der Waals surface area contributed by atoms with Crippen LogP contribution in [0.2, 0.25) is 0 Å². The van der Waals surface area contributed by atoms with E-state index in [9.17, 15) is 4.79 Å². The van der Waals surface area contributed by atoms with Gasteiger partial charge in [-0.3, -0.25) is 4.79 Å². The third-order valence-electron chi connectivity index (χ3n) is 1.92. The van der Waals surface area contributed by atoms with Gasteiger partial charge in [0.25, 0.3) is 5.56 Å². The molecule has 1 aromatic rings. The zero-order valence-electron chi connectivity index (χ0n) is 6.39. The number of hydrogen-bond donors (Lipinski definition) is 1. The second-order valence-corrected chi connectivity index (χ2v) is 3.61. The molecule has 1 N–H and O–H groups in total. The Hall–Kier alpha value is -0.610. The molecule has 1 aliphatic rings. The van der Waals surface area contributed by atoms with E-state index in [0.717, 1.165) is 17.7 Å². The van der Waals surface area contributed by atoms with Gasteiger partial charge in [0.05, 0.1) is 17.7 Å². The Morgan fingerprint density at radius 1 is 1.58 bits per heavy atom. The van der Waals surface area contributed by atoms with Gasteiger partial charge >= 0.3 is 0 Å². The molecule has 0 aliphatic carbocycles. The smallest absolute Gasteiger partial charge is 0.262 e. The fraction of sp³-hybridized carbons (Fsp3) is 0.375. The van der Waals surface area contributed by atoms with E-state index in [1.54, 1.807) is 0 Å². The van der Waals surface area contributed by atoms with Gasteiger partial charge in [-0.1, -0.05) is 0 Å². The zero-order valence-corrected chi connectivity index (χ0v) is 7.98. The van der Waals surface area contributed by atoms with Crippen LogP contribution in [0.1, 0.15) is 11.3 Å². The Kier molecular flexibility index (Phi) is 2.02. The predicted molar refractivity (Wildman–Crippen MR) is 48.1 cm³/mol. The number of halogens is 1. The monoisotopic (exact) mass is 229 g/mol. The molecule has 0 atom stereocenters. The molecular formula is C8H8BrNO2. The highest BCUT2D eigenvalue weighted by Crippen LogP contribution is 2.15. The fourth-order valence-electron chi connectivity index (χ4n) is 1.29. The maximum atomic E-state index is 11.1. The third kappa shape index (κ3) is 1.32. The van der Waals surface area contributed by atoms with Crippen molar-refractivity contribution in [2.45, 2.75) is 13.0 Å². The lowest BCUT2D eigenvalue weighted by molar-refractivity contribution is 0.109. The van der Waals surface area contributed by atoms with Gasteiger partial charge < -0.3 is 9.72 Å². The van der Waals surface area contributed by atoms with Crippen LogP contribution in [0, 0.1) is 0 Å². The maximum Gasteiger partial charge on any atom is 0.262 e. The van der Waals surface area contributed by atoms with Crippen molar-refractivity contribution in [1.82, 2.24) is 4.98 Å². The Balaban J connectivity index is 2.56. The van der Waals surface area contributed by atoms with Crippen molar-refractivity contribution < 1.29 is 4.74 Å². The summed E-state index contributed by atoms with van der Waals surface area (Å²) in [7, 11) is 0. The molecule has 0 spiro atoms. The van der Waals surface area contributed by atoms with Crippen LogP contribution in [-0.2, 0) is 17.8 Å². The van der Waals surface area contributed by atoms with Crippen molar-refractivity contribution in [1.29, 1.82) is 0 Å². The summed E-state index contributed by atoms with van der Waals surface area (Å²) in [6.07, 6.45) is 0.803. The van der Waals surface area contributed by atoms with Crippen molar-refractivity contribution >= 4 is 15.9 Å². The van der Waals surface area contributed by atoms with Crippen LogP contribution >= 0.6 is 15.9 Å². The lowest BCUT2D eigenvalue weighted by Gasteiger charge is -2.15. The second-order valence-electron chi connectivity index (χ2n) is 2.75. The molecule has 0 amide bonds. The first-order chi connectivity index (χ1) is 5.77. The minimum Gasteiger partial charge on any atom is -0.376 e. The lowest BCUT2D eigenvalue weighted by atomic mass is 10.1. The quantitative estimate of drug-likeness (QED) is 0.727. The molecule has 12 heavy (non-hydrogen) atoms. The zero-order chi connectivity index (χ0) is 8.55. The molecule has 1 aromatic heterocycles. The number of rotatable bonds is 0. The van der Waals surface area contributed by atoms with E-state index in [1.807, 2.05) is 6.07 Å². The summed E-state index contributed by atoms with van der Waals surface area (Å²) in [5.41, 5.74) is 2.03. The summed E-state index contributed by atoms with van der Waals surface area (Å²) in [6, 6.07) is 1.83. The summed E-state index contributed by atoms with van der Waals surface area (Å²) < 4.78 is 5.82. The van der Waals surface area contributed by atoms with Crippen LogP contribution in [0.4, 0.5) is 0 Å². The number of H-pyrrole nitrogens is 1. The Bertz CT molecular complexity index is 359. The molecule has 4 heteroatoms. The summed E-state index contributed by atoms with van der Waals surface area (Å²) in [5, 5.41) is 0.